The van der Waals surface area contributed by atoms with Gasteiger partial charge in [-0.05, 0) is 26.3 Å². The summed E-state index contributed by atoms with van der Waals surface area (Å²) in [5.41, 5.74) is 0. The second-order valence-electron chi connectivity index (χ2n) is 3.97. The fourth-order valence-electron chi connectivity index (χ4n) is 2.27. The number of nitrogens with one attached hydrogen (secondary N) is 1. The predicted molar refractivity (Wildman–Crippen MR) is 53.5 cm³/mol. The molecule has 0 aliphatic carbocycles. The molecule has 0 aromatic heterocycles. The van der Waals surface area contributed by atoms with Gasteiger partial charge >= 0.3 is 0 Å². The van der Waals surface area contributed by atoms with Crippen LogP contribution in [0, 0.1) is 5.92 Å². The van der Waals surface area contributed by atoms with Gasteiger partial charge in [0.25, 0.3) is 0 Å². The van der Waals surface area contributed by atoms with Gasteiger partial charge in [0.2, 0.25) is 0 Å². The molecule has 0 aromatic rings. The molecule has 0 aromatic carbocycles. The number of carbonyl (C=O) groups is 1. The molecule has 1 aliphatic heterocycles. The lowest BCUT2D eigenvalue weighted by atomic mass is 9.90. The maximum atomic E-state index is 11.4. The van der Waals surface area contributed by atoms with Gasteiger partial charge in [0.1, 0.15) is 5.78 Å². The number of Topliss-reactive ketones (excluding diaryl/α,β-unsaturated/α-hetero) is 1. The average molecular weight is 184 g/mol. The lowest BCUT2D eigenvalue weighted by Gasteiger charge is -2.38. The molecule has 3 nitrogen and oxygen atoms in total. The molecule has 76 valence electrons. The Morgan fingerprint density at radius 3 is 2.85 bits per heavy atom. The third kappa shape index (κ3) is 2.51. The summed E-state index contributed by atoms with van der Waals surface area (Å²) in [6.07, 6.45) is 2.30. The first kappa shape index (κ1) is 10.7. The maximum Gasteiger partial charge on any atom is 0.147 e. The van der Waals surface area contributed by atoms with Crippen molar-refractivity contribution in [3.63, 3.8) is 0 Å². The molecule has 2 atom stereocenters. The maximum absolute atomic E-state index is 11.4. The predicted octanol–water partition coefficient (Wildman–Crippen LogP) is 0.853. The van der Waals surface area contributed by atoms with Crippen LogP contribution in [0.4, 0.5) is 0 Å². The van der Waals surface area contributed by atoms with Crippen LogP contribution in [0.3, 0.4) is 0 Å². The molecule has 1 saturated heterocycles. The first-order chi connectivity index (χ1) is 6.16. The van der Waals surface area contributed by atoms with Crippen LogP contribution >= 0.6 is 0 Å². The Morgan fingerprint density at radius 2 is 2.31 bits per heavy atom. The van der Waals surface area contributed by atoms with E-state index in [9.17, 15) is 4.79 Å². The van der Waals surface area contributed by atoms with Crippen LogP contribution in [0.25, 0.3) is 0 Å². The van der Waals surface area contributed by atoms with Gasteiger partial charge in [-0.2, -0.15) is 0 Å². The van der Waals surface area contributed by atoms with Gasteiger partial charge in [0, 0.05) is 13.2 Å². The molecular weight excluding hydrogens is 164 g/mol. The van der Waals surface area contributed by atoms with E-state index in [2.05, 4.69) is 17.1 Å². The molecule has 1 rings (SSSR count). The van der Waals surface area contributed by atoms with E-state index < -0.39 is 0 Å². The standard InChI is InChI=1S/C10H20N2O/c1-4-5-9-6-11-7-12(3)10(9)8(2)13/h9-11H,4-7H2,1-3H3. The summed E-state index contributed by atoms with van der Waals surface area (Å²) < 4.78 is 0. The molecule has 1 fully saturated rings. The topological polar surface area (TPSA) is 32.3 Å². The van der Waals surface area contributed by atoms with Crippen molar-refractivity contribution in [2.24, 2.45) is 5.92 Å². The normalized spacial score (nSPS) is 30.4. The summed E-state index contributed by atoms with van der Waals surface area (Å²) in [6.45, 7) is 5.70. The molecule has 13 heavy (non-hydrogen) atoms. The smallest absolute Gasteiger partial charge is 0.147 e. The zero-order chi connectivity index (χ0) is 9.84. The van der Waals surface area contributed by atoms with Gasteiger partial charge in [-0.3, -0.25) is 9.69 Å². The molecule has 1 aliphatic rings. The van der Waals surface area contributed by atoms with E-state index in [1.165, 1.54) is 0 Å². The van der Waals surface area contributed by atoms with Crippen molar-refractivity contribution in [3.8, 4) is 0 Å². The summed E-state index contributed by atoms with van der Waals surface area (Å²) in [4.78, 5) is 13.5. The number of nitrogens with zero attached hydrogens (tertiary/aromatic N) is 1. The molecule has 0 amide bonds. The summed E-state index contributed by atoms with van der Waals surface area (Å²) in [6, 6.07) is 0.140. The van der Waals surface area contributed by atoms with Crippen molar-refractivity contribution in [1.82, 2.24) is 10.2 Å². The van der Waals surface area contributed by atoms with Crippen molar-refractivity contribution in [2.45, 2.75) is 32.7 Å². The fourth-order valence-corrected chi connectivity index (χ4v) is 2.27. The van der Waals surface area contributed by atoms with Crippen LogP contribution in [0.15, 0.2) is 0 Å². The van der Waals surface area contributed by atoms with Crippen LogP contribution in [0.5, 0.6) is 0 Å². The van der Waals surface area contributed by atoms with Gasteiger partial charge < -0.3 is 5.32 Å². The van der Waals surface area contributed by atoms with Crippen molar-refractivity contribution in [3.05, 3.63) is 0 Å². The third-order valence-electron chi connectivity index (χ3n) is 2.77. The Hall–Kier alpha value is -0.410. The fraction of sp³-hybridized carbons (Fsp3) is 0.900. The highest BCUT2D eigenvalue weighted by molar-refractivity contribution is 5.81. The Bertz CT molecular complexity index is 180. The Balaban J connectivity index is 2.62. The minimum absolute atomic E-state index is 0.140. The highest BCUT2D eigenvalue weighted by atomic mass is 16.1. The van der Waals surface area contributed by atoms with Gasteiger partial charge in [-0.25, -0.2) is 0 Å². The van der Waals surface area contributed by atoms with Crippen molar-refractivity contribution in [2.75, 3.05) is 20.3 Å². The van der Waals surface area contributed by atoms with E-state index in [1.807, 2.05) is 7.05 Å². The number of likely N-dealkylation sites (N-methyl/N-ethyl adjacent to an activating group) is 1. The SMILES string of the molecule is CCCC1CNCN(C)C1C(C)=O. The van der Waals surface area contributed by atoms with E-state index in [0.717, 1.165) is 26.1 Å². The summed E-state index contributed by atoms with van der Waals surface area (Å²) in [7, 11) is 2.01. The van der Waals surface area contributed by atoms with E-state index in [-0.39, 0.29) is 6.04 Å². The zero-order valence-electron chi connectivity index (χ0n) is 8.84. The van der Waals surface area contributed by atoms with Crippen LogP contribution in [-0.4, -0.2) is 37.0 Å². The van der Waals surface area contributed by atoms with Crippen LogP contribution < -0.4 is 5.32 Å². The second-order valence-corrected chi connectivity index (χ2v) is 3.97. The highest BCUT2D eigenvalue weighted by Crippen LogP contribution is 2.19. The lowest BCUT2D eigenvalue weighted by Crippen LogP contribution is -2.55. The van der Waals surface area contributed by atoms with Crippen LogP contribution in [-0.2, 0) is 4.79 Å². The number of ketones is 1. The van der Waals surface area contributed by atoms with Gasteiger partial charge in [0.15, 0.2) is 0 Å². The first-order valence-electron chi connectivity index (χ1n) is 5.08. The van der Waals surface area contributed by atoms with E-state index >= 15 is 0 Å². The lowest BCUT2D eigenvalue weighted by molar-refractivity contribution is -0.125. The molecule has 0 saturated carbocycles. The Morgan fingerprint density at radius 1 is 1.62 bits per heavy atom. The quantitative estimate of drug-likeness (QED) is 0.706. The monoisotopic (exact) mass is 184 g/mol. The van der Waals surface area contributed by atoms with Crippen molar-refractivity contribution in [1.29, 1.82) is 0 Å². The van der Waals surface area contributed by atoms with Gasteiger partial charge in [0.05, 0.1) is 6.04 Å². The average Bonchev–Trinajstić information content (AvgIpc) is 2.04. The van der Waals surface area contributed by atoms with E-state index in [1.54, 1.807) is 6.92 Å². The number of carbonyl (C=O) groups excluding carboxylic acids is 1. The molecular formula is C10H20N2O. The molecule has 1 heterocycles. The third-order valence-corrected chi connectivity index (χ3v) is 2.77. The molecule has 3 heteroatoms. The minimum Gasteiger partial charge on any atom is -0.304 e. The van der Waals surface area contributed by atoms with Crippen LogP contribution in [0.1, 0.15) is 26.7 Å². The molecule has 0 radical (unpaired) electrons. The Labute approximate surface area is 80.5 Å². The van der Waals surface area contributed by atoms with E-state index in [0.29, 0.717) is 11.7 Å². The van der Waals surface area contributed by atoms with Crippen molar-refractivity contribution < 1.29 is 4.79 Å². The molecule has 0 spiro atoms. The molecule has 1 N–H and O–H groups in total. The summed E-state index contributed by atoms with van der Waals surface area (Å²) in [5.74, 6) is 0.809. The first-order valence-corrected chi connectivity index (χ1v) is 5.08. The van der Waals surface area contributed by atoms with Gasteiger partial charge in [-0.15, -0.1) is 0 Å². The molecule has 0 bridgehead atoms. The van der Waals surface area contributed by atoms with Crippen LogP contribution in [0.2, 0.25) is 0 Å². The number of rotatable bonds is 3. The highest BCUT2D eigenvalue weighted by Gasteiger charge is 2.31. The number of hydrogen-bond donors (Lipinski definition) is 1. The summed E-state index contributed by atoms with van der Waals surface area (Å²) in [5, 5.41) is 3.33. The zero-order valence-corrected chi connectivity index (χ0v) is 8.84. The number of hydrogen-bond acceptors (Lipinski definition) is 3. The largest absolute Gasteiger partial charge is 0.304 e. The molecule has 2 unspecified atom stereocenters. The van der Waals surface area contributed by atoms with Crippen molar-refractivity contribution >= 4 is 5.78 Å². The van der Waals surface area contributed by atoms with Gasteiger partial charge in [-0.1, -0.05) is 13.3 Å². The van der Waals surface area contributed by atoms with E-state index in [4.69, 9.17) is 0 Å². The Kier molecular flexibility index (Phi) is 3.88. The minimum atomic E-state index is 0.140. The second kappa shape index (κ2) is 4.72. The summed E-state index contributed by atoms with van der Waals surface area (Å²) >= 11 is 0.